The topological polar surface area (TPSA) is 24.9 Å². The van der Waals surface area contributed by atoms with Crippen LogP contribution in [-0.2, 0) is 22.3 Å². The molecule has 2 saturated heterocycles. The van der Waals surface area contributed by atoms with E-state index in [2.05, 4.69) is 34.1 Å². The van der Waals surface area contributed by atoms with Crippen LogP contribution in [-0.4, -0.2) is 75.0 Å². The third-order valence-electron chi connectivity index (χ3n) is 6.88. The highest BCUT2D eigenvalue weighted by Crippen LogP contribution is 2.29. The van der Waals surface area contributed by atoms with Gasteiger partial charge < -0.3 is 9.47 Å². The summed E-state index contributed by atoms with van der Waals surface area (Å²) in [4.78, 5) is 5.51. The third-order valence-corrected chi connectivity index (χ3v) is 6.88. The molecule has 3 aliphatic rings. The Hall–Kier alpha value is -0.940. The number of fused-ring (bicyclic) bond motifs is 1. The van der Waals surface area contributed by atoms with Gasteiger partial charge in [0.25, 0.3) is 0 Å². The molecule has 0 bridgehead atoms. The van der Waals surface area contributed by atoms with Gasteiger partial charge in [-0.1, -0.05) is 24.3 Å². The van der Waals surface area contributed by atoms with Crippen LogP contribution in [0.4, 0.5) is 0 Å². The number of hydrogen-bond acceptors (Lipinski definition) is 4. The Morgan fingerprint density at radius 3 is 2.56 bits per heavy atom. The number of ether oxygens (including phenoxy) is 2. The lowest BCUT2D eigenvalue weighted by atomic mass is 9.94. The number of rotatable bonds is 7. The quantitative estimate of drug-likeness (QED) is 0.735. The molecular formula is C23H36N2O2. The molecule has 1 aromatic carbocycles. The highest BCUT2D eigenvalue weighted by molar-refractivity contribution is 5.33. The molecule has 1 aromatic rings. The molecule has 2 heterocycles. The van der Waals surface area contributed by atoms with Crippen LogP contribution in [0.1, 0.15) is 36.8 Å². The molecule has 150 valence electrons. The van der Waals surface area contributed by atoms with Crippen molar-refractivity contribution in [1.29, 1.82) is 0 Å². The van der Waals surface area contributed by atoms with Gasteiger partial charge in [-0.2, -0.15) is 0 Å². The normalized spacial score (nSPS) is 25.2. The van der Waals surface area contributed by atoms with Gasteiger partial charge in [0, 0.05) is 52.0 Å². The zero-order valence-corrected chi connectivity index (χ0v) is 16.9. The minimum absolute atomic E-state index is 0.681. The van der Waals surface area contributed by atoms with E-state index in [1.165, 1.54) is 58.2 Å². The molecule has 0 aromatic heterocycles. The first-order valence-electron chi connectivity index (χ1n) is 10.9. The number of nitrogens with zero attached hydrogens (tertiary/aromatic N) is 2. The van der Waals surface area contributed by atoms with E-state index in [0.717, 1.165) is 38.3 Å². The first kappa shape index (κ1) is 19.4. The van der Waals surface area contributed by atoms with Crippen molar-refractivity contribution in [3.8, 4) is 0 Å². The summed E-state index contributed by atoms with van der Waals surface area (Å²) in [6.45, 7) is 7.52. The third kappa shape index (κ3) is 4.92. The summed E-state index contributed by atoms with van der Waals surface area (Å²) >= 11 is 0. The molecule has 2 fully saturated rings. The summed E-state index contributed by atoms with van der Waals surface area (Å²) in [6.07, 6.45) is 7.58. The molecular weight excluding hydrogens is 336 g/mol. The summed E-state index contributed by atoms with van der Waals surface area (Å²) in [5.74, 6) is 0.794. The predicted octanol–water partition coefficient (Wildman–Crippen LogP) is 2.99. The molecule has 4 heteroatoms. The van der Waals surface area contributed by atoms with Crippen LogP contribution in [0, 0.1) is 5.92 Å². The maximum atomic E-state index is 5.59. The van der Waals surface area contributed by atoms with E-state index >= 15 is 0 Å². The first-order valence-corrected chi connectivity index (χ1v) is 10.9. The zero-order valence-electron chi connectivity index (χ0n) is 16.9. The lowest BCUT2D eigenvalue weighted by Crippen LogP contribution is -2.49. The second-order valence-electron chi connectivity index (χ2n) is 8.67. The van der Waals surface area contributed by atoms with Crippen LogP contribution >= 0.6 is 0 Å². The van der Waals surface area contributed by atoms with E-state index in [1.54, 1.807) is 11.1 Å². The summed E-state index contributed by atoms with van der Waals surface area (Å²) < 4.78 is 11.0. The van der Waals surface area contributed by atoms with Crippen molar-refractivity contribution in [3.63, 3.8) is 0 Å². The van der Waals surface area contributed by atoms with E-state index in [4.69, 9.17) is 9.47 Å². The summed E-state index contributed by atoms with van der Waals surface area (Å²) in [6, 6.07) is 10.5. The minimum Gasteiger partial charge on any atom is -0.383 e. The predicted molar refractivity (Wildman–Crippen MR) is 109 cm³/mol. The fraction of sp³-hybridized carbons (Fsp3) is 0.739. The first-order chi connectivity index (χ1) is 13.3. The zero-order chi connectivity index (χ0) is 18.5. The lowest BCUT2D eigenvalue weighted by Gasteiger charge is -2.41. The summed E-state index contributed by atoms with van der Waals surface area (Å²) in [7, 11) is 1.82. The summed E-state index contributed by atoms with van der Waals surface area (Å²) in [5.41, 5.74) is 3.15. The monoisotopic (exact) mass is 372 g/mol. The minimum atomic E-state index is 0.681. The van der Waals surface area contributed by atoms with Gasteiger partial charge in [0.1, 0.15) is 0 Å². The Morgan fingerprint density at radius 2 is 1.85 bits per heavy atom. The van der Waals surface area contributed by atoms with E-state index < -0.39 is 0 Å². The van der Waals surface area contributed by atoms with E-state index in [-0.39, 0.29) is 0 Å². The van der Waals surface area contributed by atoms with Crippen molar-refractivity contribution in [2.24, 2.45) is 5.92 Å². The van der Waals surface area contributed by atoms with Crippen LogP contribution in [0.25, 0.3) is 0 Å². The average molecular weight is 373 g/mol. The number of hydrogen-bond donors (Lipinski definition) is 0. The molecule has 1 aliphatic carbocycles. The van der Waals surface area contributed by atoms with Gasteiger partial charge in [0.05, 0.1) is 6.61 Å². The molecule has 0 spiro atoms. The van der Waals surface area contributed by atoms with Crippen LogP contribution in [0.2, 0.25) is 0 Å². The fourth-order valence-electron chi connectivity index (χ4n) is 5.39. The fourth-order valence-corrected chi connectivity index (χ4v) is 5.39. The van der Waals surface area contributed by atoms with Crippen molar-refractivity contribution in [2.75, 3.05) is 53.1 Å². The highest BCUT2D eigenvalue weighted by Gasteiger charge is 2.32. The van der Waals surface area contributed by atoms with Crippen molar-refractivity contribution < 1.29 is 9.47 Å². The van der Waals surface area contributed by atoms with Gasteiger partial charge in [-0.05, 0) is 62.1 Å². The average Bonchev–Trinajstić information content (AvgIpc) is 3.16. The van der Waals surface area contributed by atoms with Crippen LogP contribution in [0.3, 0.4) is 0 Å². The number of piperidine rings is 1. The van der Waals surface area contributed by atoms with Crippen LogP contribution in [0.15, 0.2) is 24.3 Å². The largest absolute Gasteiger partial charge is 0.383 e. The van der Waals surface area contributed by atoms with Gasteiger partial charge in [-0.25, -0.2) is 0 Å². The lowest BCUT2D eigenvalue weighted by molar-refractivity contribution is 0.00982. The molecule has 1 unspecified atom stereocenters. The molecule has 2 aliphatic heterocycles. The number of benzene rings is 1. The molecule has 0 saturated carbocycles. The molecule has 4 nitrogen and oxygen atoms in total. The maximum Gasteiger partial charge on any atom is 0.0589 e. The van der Waals surface area contributed by atoms with Gasteiger partial charge in [-0.15, -0.1) is 0 Å². The van der Waals surface area contributed by atoms with Crippen LogP contribution < -0.4 is 0 Å². The molecule has 27 heavy (non-hydrogen) atoms. The molecule has 0 radical (unpaired) electrons. The second-order valence-corrected chi connectivity index (χ2v) is 8.67. The Morgan fingerprint density at radius 1 is 1.11 bits per heavy atom. The maximum absolute atomic E-state index is 5.59. The van der Waals surface area contributed by atoms with Crippen molar-refractivity contribution in [2.45, 2.75) is 50.6 Å². The molecule has 0 N–H and O–H groups in total. The second kappa shape index (κ2) is 9.51. The smallest absolute Gasteiger partial charge is 0.0589 e. The van der Waals surface area contributed by atoms with Gasteiger partial charge >= 0.3 is 0 Å². The van der Waals surface area contributed by atoms with Crippen molar-refractivity contribution >= 4 is 0 Å². The molecule has 4 rings (SSSR count). The van der Waals surface area contributed by atoms with Gasteiger partial charge in [0.2, 0.25) is 0 Å². The Kier molecular flexibility index (Phi) is 6.82. The van der Waals surface area contributed by atoms with E-state index in [0.29, 0.717) is 6.04 Å². The van der Waals surface area contributed by atoms with Crippen molar-refractivity contribution in [1.82, 2.24) is 9.80 Å². The van der Waals surface area contributed by atoms with Crippen molar-refractivity contribution in [3.05, 3.63) is 35.4 Å². The SMILES string of the molecule is COCCN(CC1CCCN(C2Cc3ccccc3C2)C1)C1CCOCC1. The summed E-state index contributed by atoms with van der Waals surface area (Å²) in [5, 5.41) is 0. The van der Waals surface area contributed by atoms with Gasteiger partial charge in [-0.3, -0.25) is 9.80 Å². The van der Waals surface area contributed by atoms with Gasteiger partial charge in [0.15, 0.2) is 0 Å². The molecule has 1 atom stereocenters. The number of likely N-dealkylation sites (tertiary alicyclic amines) is 1. The Balaban J connectivity index is 1.34. The van der Waals surface area contributed by atoms with Crippen LogP contribution in [0.5, 0.6) is 0 Å². The standard InChI is InChI=1S/C23H36N2O2/c1-26-14-11-25(22-8-12-27-13-9-22)18-19-5-4-10-24(17-19)23-15-20-6-2-3-7-21(20)16-23/h2-3,6-7,19,22-23H,4-5,8-18H2,1H3. The van der Waals surface area contributed by atoms with E-state index in [9.17, 15) is 0 Å². The van der Waals surface area contributed by atoms with E-state index in [1.807, 2.05) is 7.11 Å². The number of methoxy groups -OCH3 is 1. The Bertz CT molecular complexity index is 562. The molecule has 0 amide bonds. The highest BCUT2D eigenvalue weighted by atomic mass is 16.5. The Labute approximate surface area is 164 Å².